The first-order valence-corrected chi connectivity index (χ1v) is 7.60. The highest BCUT2D eigenvalue weighted by molar-refractivity contribution is 7.99. The van der Waals surface area contributed by atoms with Crippen molar-refractivity contribution in [2.45, 2.75) is 19.0 Å². The summed E-state index contributed by atoms with van der Waals surface area (Å²) in [5.74, 6) is 1.06. The Kier molecular flexibility index (Phi) is 5.16. The van der Waals surface area contributed by atoms with Gasteiger partial charge in [0, 0.05) is 12.2 Å². The van der Waals surface area contributed by atoms with Gasteiger partial charge in [0.05, 0.1) is 5.75 Å². The van der Waals surface area contributed by atoms with Crippen molar-refractivity contribution in [1.82, 2.24) is 20.1 Å². The van der Waals surface area contributed by atoms with Crippen LogP contribution in [0.4, 0.5) is 0 Å². The van der Waals surface area contributed by atoms with Gasteiger partial charge in [-0.05, 0) is 26.0 Å². The van der Waals surface area contributed by atoms with E-state index < -0.39 is 0 Å². The van der Waals surface area contributed by atoms with Gasteiger partial charge in [-0.1, -0.05) is 35.5 Å². The van der Waals surface area contributed by atoms with Crippen LogP contribution in [0.3, 0.4) is 0 Å². The molecule has 0 saturated heterocycles. The van der Waals surface area contributed by atoms with Gasteiger partial charge in [0.25, 0.3) is 0 Å². The smallest absolute Gasteiger partial charge is 0.230 e. The normalized spacial score (nSPS) is 10.4. The maximum atomic E-state index is 11.6. The molecule has 0 bridgehead atoms. The molecule has 2 rings (SSSR count). The van der Waals surface area contributed by atoms with Gasteiger partial charge in [0.2, 0.25) is 5.91 Å². The highest BCUT2D eigenvalue weighted by Gasteiger charge is 2.12. The van der Waals surface area contributed by atoms with Crippen LogP contribution < -0.4 is 5.32 Å². The van der Waals surface area contributed by atoms with E-state index in [2.05, 4.69) is 22.1 Å². The van der Waals surface area contributed by atoms with Crippen molar-refractivity contribution in [2.24, 2.45) is 0 Å². The van der Waals surface area contributed by atoms with E-state index in [-0.39, 0.29) is 5.91 Å². The number of aromatic nitrogens is 3. The molecule has 5 nitrogen and oxygen atoms in total. The lowest BCUT2D eigenvalue weighted by Gasteiger charge is -2.08. The lowest BCUT2D eigenvalue weighted by atomic mass is 10.2. The number of nitrogens with zero attached hydrogens (tertiary/aromatic N) is 3. The zero-order valence-corrected chi connectivity index (χ0v) is 13.0. The Morgan fingerprint density at radius 2 is 2.05 bits per heavy atom. The van der Waals surface area contributed by atoms with E-state index in [0.29, 0.717) is 17.5 Å². The minimum atomic E-state index is -0.0454. The molecule has 21 heavy (non-hydrogen) atoms. The number of carbonyl (C=O) groups is 1. The predicted octanol–water partition coefficient (Wildman–Crippen LogP) is 2.28. The molecule has 0 unspecified atom stereocenters. The highest BCUT2D eigenvalue weighted by Crippen LogP contribution is 2.21. The largest absolute Gasteiger partial charge is 0.352 e. The topological polar surface area (TPSA) is 59.8 Å². The third-order valence-corrected chi connectivity index (χ3v) is 3.79. The Morgan fingerprint density at radius 1 is 1.33 bits per heavy atom. The van der Waals surface area contributed by atoms with Crippen LogP contribution in [0.25, 0.3) is 5.69 Å². The lowest BCUT2D eigenvalue weighted by molar-refractivity contribution is -0.118. The van der Waals surface area contributed by atoms with Crippen LogP contribution in [-0.2, 0) is 4.79 Å². The molecule has 0 aliphatic heterocycles. The van der Waals surface area contributed by atoms with Crippen LogP contribution in [0.2, 0.25) is 0 Å². The van der Waals surface area contributed by atoms with Gasteiger partial charge in [0.1, 0.15) is 5.82 Å². The number of nitrogens with one attached hydrogen (secondary N) is 1. The molecule has 0 radical (unpaired) electrons. The number of benzene rings is 1. The molecule has 1 amide bonds. The summed E-state index contributed by atoms with van der Waals surface area (Å²) in [5.41, 5.74) is 2.19. The minimum absolute atomic E-state index is 0.0454. The van der Waals surface area contributed by atoms with Crippen LogP contribution in [-0.4, -0.2) is 33.0 Å². The van der Waals surface area contributed by atoms with Crippen molar-refractivity contribution >= 4 is 17.7 Å². The van der Waals surface area contributed by atoms with Crippen LogP contribution >= 0.6 is 11.8 Å². The first kappa shape index (κ1) is 15.3. The fraction of sp³-hybridized carbons (Fsp3) is 0.267. The lowest BCUT2D eigenvalue weighted by Crippen LogP contribution is -2.25. The maximum Gasteiger partial charge on any atom is 0.230 e. The summed E-state index contributed by atoms with van der Waals surface area (Å²) < 4.78 is 1.95. The van der Waals surface area contributed by atoms with Crippen LogP contribution in [0.1, 0.15) is 11.4 Å². The van der Waals surface area contributed by atoms with E-state index in [9.17, 15) is 4.79 Å². The molecule has 1 aromatic heterocycles. The summed E-state index contributed by atoms with van der Waals surface area (Å²) in [4.78, 5) is 11.6. The van der Waals surface area contributed by atoms with E-state index >= 15 is 0 Å². The molecule has 0 spiro atoms. The van der Waals surface area contributed by atoms with Gasteiger partial charge in [-0.2, -0.15) is 0 Å². The van der Waals surface area contributed by atoms with E-state index in [1.807, 2.05) is 42.7 Å². The standard InChI is InChI=1S/C15H18N4OS/c1-4-9-16-14(20)10-21-15-18-17-12(3)19(15)13-7-5-11(2)6-8-13/h4-8H,1,9-10H2,2-3H3,(H,16,20). The second-order valence-electron chi connectivity index (χ2n) is 4.58. The molecule has 0 aliphatic rings. The molecule has 110 valence electrons. The number of hydrogen-bond acceptors (Lipinski definition) is 4. The predicted molar refractivity (Wildman–Crippen MR) is 84.8 cm³/mol. The second-order valence-corrected chi connectivity index (χ2v) is 5.52. The third-order valence-electron chi connectivity index (χ3n) is 2.86. The quantitative estimate of drug-likeness (QED) is 0.657. The Labute approximate surface area is 128 Å². The van der Waals surface area contributed by atoms with E-state index in [4.69, 9.17) is 0 Å². The third kappa shape index (κ3) is 3.95. The van der Waals surface area contributed by atoms with E-state index in [1.54, 1.807) is 6.08 Å². The summed E-state index contributed by atoms with van der Waals surface area (Å²) in [6, 6.07) is 8.13. The van der Waals surface area contributed by atoms with Crippen molar-refractivity contribution in [3.8, 4) is 5.69 Å². The van der Waals surface area contributed by atoms with Crippen molar-refractivity contribution in [1.29, 1.82) is 0 Å². The van der Waals surface area contributed by atoms with Crippen LogP contribution in [0.5, 0.6) is 0 Å². The number of carbonyl (C=O) groups excluding carboxylic acids is 1. The van der Waals surface area contributed by atoms with Crippen LogP contribution in [0.15, 0.2) is 42.1 Å². The maximum absolute atomic E-state index is 11.6. The average molecular weight is 302 g/mol. The number of hydrogen-bond donors (Lipinski definition) is 1. The van der Waals surface area contributed by atoms with Crippen molar-refractivity contribution in [3.63, 3.8) is 0 Å². The Hall–Kier alpha value is -2.08. The van der Waals surface area contributed by atoms with Gasteiger partial charge in [-0.3, -0.25) is 9.36 Å². The zero-order valence-electron chi connectivity index (χ0n) is 12.2. The van der Waals surface area contributed by atoms with Gasteiger partial charge < -0.3 is 5.32 Å². The SMILES string of the molecule is C=CCNC(=O)CSc1nnc(C)n1-c1ccc(C)cc1. The number of aryl methyl sites for hydroxylation is 2. The zero-order chi connectivity index (χ0) is 15.2. The summed E-state index contributed by atoms with van der Waals surface area (Å²) in [6.45, 7) is 7.98. The van der Waals surface area contributed by atoms with Crippen molar-refractivity contribution in [2.75, 3.05) is 12.3 Å². The van der Waals surface area contributed by atoms with E-state index in [1.165, 1.54) is 17.3 Å². The highest BCUT2D eigenvalue weighted by atomic mass is 32.2. The molecule has 1 N–H and O–H groups in total. The molecule has 6 heteroatoms. The molecule has 2 aromatic rings. The van der Waals surface area contributed by atoms with Crippen molar-refractivity contribution < 1.29 is 4.79 Å². The fourth-order valence-corrected chi connectivity index (χ4v) is 2.62. The number of thioether (sulfide) groups is 1. The Balaban J connectivity index is 2.13. The number of rotatable bonds is 6. The first-order chi connectivity index (χ1) is 10.1. The molecular formula is C15H18N4OS. The monoisotopic (exact) mass is 302 g/mol. The Bertz CT molecular complexity index is 634. The molecule has 0 atom stereocenters. The molecule has 1 aromatic carbocycles. The molecular weight excluding hydrogens is 284 g/mol. The first-order valence-electron chi connectivity index (χ1n) is 6.61. The Morgan fingerprint density at radius 3 is 2.71 bits per heavy atom. The summed E-state index contributed by atoms with van der Waals surface area (Å²) in [7, 11) is 0. The molecule has 1 heterocycles. The molecule has 0 saturated carbocycles. The van der Waals surface area contributed by atoms with Gasteiger partial charge >= 0.3 is 0 Å². The fourth-order valence-electron chi connectivity index (χ4n) is 1.79. The minimum Gasteiger partial charge on any atom is -0.352 e. The van der Waals surface area contributed by atoms with Crippen LogP contribution in [0, 0.1) is 13.8 Å². The van der Waals surface area contributed by atoms with E-state index in [0.717, 1.165) is 11.5 Å². The average Bonchev–Trinajstić information content (AvgIpc) is 2.85. The van der Waals surface area contributed by atoms with Crippen molar-refractivity contribution in [3.05, 3.63) is 48.3 Å². The van der Waals surface area contributed by atoms with Gasteiger partial charge in [-0.15, -0.1) is 16.8 Å². The molecule has 0 fully saturated rings. The summed E-state index contributed by atoms with van der Waals surface area (Å²) in [6.07, 6.45) is 1.65. The van der Waals surface area contributed by atoms with Gasteiger partial charge in [-0.25, -0.2) is 0 Å². The number of amides is 1. The summed E-state index contributed by atoms with van der Waals surface area (Å²) >= 11 is 1.37. The second kappa shape index (κ2) is 7.08. The molecule has 0 aliphatic carbocycles. The summed E-state index contributed by atoms with van der Waals surface area (Å²) in [5, 5.41) is 11.7. The van der Waals surface area contributed by atoms with Gasteiger partial charge in [0.15, 0.2) is 5.16 Å².